The normalized spacial score (nSPS) is 11.9. The Balaban J connectivity index is 0.00000169. The van der Waals surface area contributed by atoms with E-state index in [0.717, 1.165) is 0 Å². The van der Waals surface area contributed by atoms with Crippen LogP contribution in [0.3, 0.4) is 0 Å². The third kappa shape index (κ3) is 6.03. The Morgan fingerprint density at radius 2 is 1.79 bits per heavy atom. The molecule has 5 nitrogen and oxygen atoms in total. The van der Waals surface area contributed by atoms with Gasteiger partial charge in [0.1, 0.15) is 5.75 Å². The van der Waals surface area contributed by atoms with E-state index in [1.807, 2.05) is 0 Å². The summed E-state index contributed by atoms with van der Waals surface area (Å²) in [5, 5.41) is 0. The summed E-state index contributed by atoms with van der Waals surface area (Å²) < 4.78 is 19.8. The average Bonchev–Trinajstić information content (AvgIpc) is 2.04. The Labute approximate surface area is 102 Å². The molecule has 0 aliphatic rings. The van der Waals surface area contributed by atoms with Gasteiger partial charge < -0.3 is 14.3 Å². The number of benzene rings is 1. The largest absolute Gasteiger partial charge is 0.426 e. The van der Waals surface area contributed by atoms with E-state index in [0.29, 0.717) is 5.75 Å². The first-order chi connectivity index (χ1) is 6.18. The van der Waals surface area contributed by atoms with Crippen LogP contribution in [0.4, 0.5) is 0 Å². The maximum absolute atomic E-state index is 10.9. The van der Waals surface area contributed by atoms with Crippen molar-refractivity contribution in [1.82, 2.24) is 0 Å². The van der Waals surface area contributed by atoms with E-state index >= 15 is 0 Å². The molecule has 0 heterocycles. The maximum atomic E-state index is 10.9. The zero-order chi connectivity index (χ0) is 9.68. The molecular formula is C6H8O5P2Zr. The fraction of sp³-hybridized carbons (Fsp3) is 0. The van der Waals surface area contributed by atoms with Gasteiger partial charge in [0.2, 0.25) is 0 Å². The molecule has 0 bridgehead atoms. The van der Waals surface area contributed by atoms with E-state index in [4.69, 9.17) is 14.3 Å². The zero-order valence-electron chi connectivity index (χ0n) is 6.95. The molecule has 0 fully saturated rings. The van der Waals surface area contributed by atoms with Crippen molar-refractivity contribution in [2.75, 3.05) is 0 Å². The average molecular weight is 313 g/mol. The molecule has 0 aromatic heterocycles. The van der Waals surface area contributed by atoms with E-state index in [2.05, 4.69) is 4.31 Å². The molecule has 0 spiro atoms. The summed E-state index contributed by atoms with van der Waals surface area (Å²) in [6, 6.07) is 8.35. The summed E-state index contributed by atoms with van der Waals surface area (Å²) in [4.78, 5) is 16.7. The van der Waals surface area contributed by atoms with E-state index < -0.39 is 16.9 Å². The van der Waals surface area contributed by atoms with Crippen LogP contribution in [0, 0.1) is 0 Å². The van der Waals surface area contributed by atoms with E-state index in [1.165, 1.54) is 0 Å². The molecule has 14 heavy (non-hydrogen) atoms. The van der Waals surface area contributed by atoms with Gasteiger partial charge in [-0.25, -0.2) is 8.88 Å². The first-order valence-electron chi connectivity index (χ1n) is 3.31. The summed E-state index contributed by atoms with van der Waals surface area (Å²) in [6.45, 7) is 0. The topological polar surface area (TPSA) is 76.0 Å². The van der Waals surface area contributed by atoms with Gasteiger partial charge in [-0.1, -0.05) is 18.2 Å². The van der Waals surface area contributed by atoms with Crippen LogP contribution >= 0.6 is 16.9 Å². The molecular weight excluding hydrogens is 305 g/mol. The Hall–Kier alpha value is 0.443. The van der Waals surface area contributed by atoms with Crippen molar-refractivity contribution < 1.29 is 49.4 Å². The fourth-order valence-corrected chi connectivity index (χ4v) is 1.68. The molecule has 0 amide bonds. The number of hydrogen-bond donors (Lipinski definition) is 2. The van der Waals surface area contributed by atoms with Crippen molar-refractivity contribution in [3.63, 3.8) is 0 Å². The fourth-order valence-electron chi connectivity index (χ4n) is 0.670. The number of hydrogen-bond acceptors (Lipinski definition) is 5. The van der Waals surface area contributed by atoms with Gasteiger partial charge in [-0.15, -0.1) is 0 Å². The van der Waals surface area contributed by atoms with E-state index in [9.17, 15) is 4.57 Å². The minimum Gasteiger partial charge on any atom is -0.426 e. The second-order valence-corrected chi connectivity index (χ2v) is 3.95. The van der Waals surface area contributed by atoms with Gasteiger partial charge in [0.25, 0.3) is 0 Å². The van der Waals surface area contributed by atoms with Crippen LogP contribution < -0.4 is 4.52 Å². The van der Waals surface area contributed by atoms with Gasteiger partial charge in [-0.2, -0.15) is 0 Å². The Morgan fingerprint density at radius 1 is 1.21 bits per heavy atom. The molecule has 1 rings (SSSR count). The zero-order valence-corrected chi connectivity index (χ0v) is 11.3. The molecule has 1 atom stereocenters. The summed E-state index contributed by atoms with van der Waals surface area (Å²) in [6.07, 6.45) is 0. The monoisotopic (exact) mass is 312 g/mol. The Bertz CT molecular complexity index is 281. The molecule has 0 aliphatic heterocycles. The molecule has 0 radical (unpaired) electrons. The molecule has 0 aliphatic carbocycles. The van der Waals surface area contributed by atoms with Crippen LogP contribution in [0.5, 0.6) is 5.75 Å². The molecule has 1 aromatic carbocycles. The first-order valence-corrected chi connectivity index (χ1v) is 5.70. The summed E-state index contributed by atoms with van der Waals surface area (Å²) >= 11 is 0. The van der Waals surface area contributed by atoms with Gasteiger partial charge in [0, 0.05) is 26.2 Å². The first kappa shape index (κ1) is 14.4. The maximum Gasteiger partial charge on any atom is 0.374 e. The van der Waals surface area contributed by atoms with Crippen molar-refractivity contribution in [2.24, 2.45) is 0 Å². The van der Waals surface area contributed by atoms with Crippen molar-refractivity contribution >= 4 is 16.9 Å². The quantitative estimate of drug-likeness (QED) is 0.827. The number of para-hydroxylation sites is 1. The van der Waals surface area contributed by atoms with Gasteiger partial charge in [-0.05, 0) is 12.1 Å². The van der Waals surface area contributed by atoms with Crippen molar-refractivity contribution in [1.29, 1.82) is 0 Å². The summed E-state index contributed by atoms with van der Waals surface area (Å²) in [7, 11) is -5.49. The Morgan fingerprint density at radius 3 is 2.29 bits per heavy atom. The van der Waals surface area contributed by atoms with Crippen LogP contribution in [0.15, 0.2) is 30.3 Å². The second-order valence-electron chi connectivity index (χ2n) is 2.01. The summed E-state index contributed by atoms with van der Waals surface area (Å²) in [5.41, 5.74) is 0. The van der Waals surface area contributed by atoms with Gasteiger partial charge in [0.05, 0.1) is 0 Å². The van der Waals surface area contributed by atoms with Crippen LogP contribution in [-0.2, 0) is 35.1 Å². The van der Waals surface area contributed by atoms with Crippen molar-refractivity contribution in [2.45, 2.75) is 0 Å². The third-order valence-electron chi connectivity index (χ3n) is 1.10. The summed E-state index contributed by atoms with van der Waals surface area (Å²) in [5.74, 6) is 0.364. The predicted molar refractivity (Wildman–Crippen MR) is 48.5 cm³/mol. The molecule has 8 heteroatoms. The molecule has 0 saturated carbocycles. The second kappa shape index (κ2) is 7.70. The van der Waals surface area contributed by atoms with Crippen LogP contribution in [-0.4, -0.2) is 9.79 Å². The third-order valence-corrected chi connectivity index (χ3v) is 2.75. The Kier molecular flexibility index (Phi) is 7.94. The molecule has 0 saturated heterocycles. The van der Waals surface area contributed by atoms with Crippen molar-refractivity contribution in [3.8, 4) is 5.75 Å². The minimum absolute atomic E-state index is 0. The molecule has 2 N–H and O–H groups in total. The molecule has 1 aromatic rings. The van der Waals surface area contributed by atoms with Crippen LogP contribution in [0.1, 0.15) is 0 Å². The standard InChI is InChI=1S/C6H8O5P2.Zr/c7-12(8)11-13(9)10-6-4-2-1-3-5-6;/h1-5,7-8,13H;. The van der Waals surface area contributed by atoms with Crippen molar-refractivity contribution in [3.05, 3.63) is 30.3 Å². The molecule has 76 valence electrons. The smallest absolute Gasteiger partial charge is 0.374 e. The van der Waals surface area contributed by atoms with Gasteiger partial charge >= 0.3 is 16.9 Å². The van der Waals surface area contributed by atoms with E-state index in [-0.39, 0.29) is 26.2 Å². The SMILES string of the molecule is O=[PH](Oc1ccccc1)OP(O)O.[Zr]. The van der Waals surface area contributed by atoms with Crippen LogP contribution in [0.25, 0.3) is 0 Å². The molecule has 1 unspecified atom stereocenters. The number of rotatable bonds is 4. The van der Waals surface area contributed by atoms with Crippen LogP contribution in [0.2, 0.25) is 0 Å². The van der Waals surface area contributed by atoms with Gasteiger partial charge in [-0.3, -0.25) is 0 Å². The predicted octanol–water partition coefficient (Wildman–Crippen LogP) is 1.68. The van der Waals surface area contributed by atoms with E-state index in [1.54, 1.807) is 30.3 Å². The minimum atomic E-state index is -2.86. The van der Waals surface area contributed by atoms with Gasteiger partial charge in [0.15, 0.2) is 0 Å².